The van der Waals surface area contributed by atoms with Gasteiger partial charge in [-0.1, -0.05) is 29.8 Å². The van der Waals surface area contributed by atoms with Crippen LogP contribution in [-0.2, 0) is 11.3 Å². The number of hydrogen-bond acceptors (Lipinski definition) is 5. The number of amides is 1. The molecule has 28 heavy (non-hydrogen) atoms. The van der Waals surface area contributed by atoms with Crippen LogP contribution in [0.3, 0.4) is 0 Å². The van der Waals surface area contributed by atoms with E-state index in [4.69, 9.17) is 4.74 Å². The van der Waals surface area contributed by atoms with Crippen LogP contribution in [0.5, 0.6) is 0 Å². The van der Waals surface area contributed by atoms with Gasteiger partial charge in [0.05, 0.1) is 17.1 Å². The summed E-state index contributed by atoms with van der Waals surface area (Å²) in [6, 6.07) is 11.7. The number of non-ortho nitro benzene ring substituents is 1. The Hall–Kier alpha value is -3.22. The lowest BCUT2D eigenvalue weighted by Gasteiger charge is -2.23. The highest BCUT2D eigenvalue weighted by Gasteiger charge is 2.34. The Morgan fingerprint density at radius 1 is 1.14 bits per heavy atom. The van der Waals surface area contributed by atoms with E-state index in [2.05, 4.69) is 0 Å². The number of carbonyl (C=O) groups is 2. The minimum atomic E-state index is -0.684. The van der Waals surface area contributed by atoms with Crippen LogP contribution in [0, 0.1) is 17.0 Å². The topological polar surface area (TPSA) is 89.8 Å². The molecule has 0 saturated heterocycles. The van der Waals surface area contributed by atoms with Crippen molar-refractivity contribution in [2.75, 3.05) is 6.61 Å². The zero-order valence-corrected chi connectivity index (χ0v) is 15.9. The van der Waals surface area contributed by atoms with Crippen LogP contribution in [0.15, 0.2) is 42.5 Å². The zero-order chi connectivity index (χ0) is 20.3. The van der Waals surface area contributed by atoms with Crippen molar-refractivity contribution in [2.24, 2.45) is 0 Å². The maximum absolute atomic E-state index is 13.2. The molecule has 1 aliphatic carbocycles. The molecule has 0 spiro atoms. The summed E-state index contributed by atoms with van der Waals surface area (Å²) in [6.07, 6.45) is 1.80. The number of carbonyl (C=O) groups excluding carboxylic acids is 2. The van der Waals surface area contributed by atoms with Crippen molar-refractivity contribution in [1.82, 2.24) is 4.90 Å². The maximum atomic E-state index is 13.2. The number of hydrogen-bond donors (Lipinski definition) is 0. The lowest BCUT2D eigenvalue weighted by molar-refractivity contribution is -0.384. The summed E-state index contributed by atoms with van der Waals surface area (Å²) >= 11 is 0. The molecule has 146 valence electrons. The van der Waals surface area contributed by atoms with Crippen molar-refractivity contribution in [2.45, 2.75) is 39.3 Å². The van der Waals surface area contributed by atoms with Crippen molar-refractivity contribution < 1.29 is 19.2 Å². The molecule has 0 N–H and O–H groups in total. The van der Waals surface area contributed by atoms with Gasteiger partial charge in [-0.3, -0.25) is 14.9 Å². The molecule has 1 fully saturated rings. The van der Waals surface area contributed by atoms with E-state index < -0.39 is 10.9 Å². The quantitative estimate of drug-likeness (QED) is 0.412. The number of ether oxygens (including phenoxy) is 1. The Bertz CT molecular complexity index is 904. The number of aryl methyl sites for hydroxylation is 1. The minimum absolute atomic E-state index is 0.00508. The average molecular weight is 382 g/mol. The molecule has 2 aromatic rings. The first kappa shape index (κ1) is 19.5. The molecule has 1 saturated carbocycles. The molecule has 0 aliphatic heterocycles. The molecule has 0 aromatic heterocycles. The number of nitro groups is 1. The molecule has 0 unspecified atom stereocenters. The normalized spacial score (nSPS) is 13.1. The van der Waals surface area contributed by atoms with Crippen LogP contribution in [0.4, 0.5) is 5.69 Å². The second-order valence-corrected chi connectivity index (χ2v) is 6.90. The summed E-state index contributed by atoms with van der Waals surface area (Å²) < 4.78 is 4.94. The van der Waals surface area contributed by atoms with E-state index in [0.717, 1.165) is 30.0 Å². The van der Waals surface area contributed by atoms with Gasteiger partial charge in [-0.25, -0.2) is 4.79 Å². The summed E-state index contributed by atoms with van der Waals surface area (Å²) in [6.45, 7) is 4.21. The van der Waals surface area contributed by atoms with Gasteiger partial charge < -0.3 is 9.64 Å². The highest BCUT2D eigenvalue weighted by Crippen LogP contribution is 2.31. The Balaban J connectivity index is 1.92. The number of esters is 1. The Kier molecular flexibility index (Phi) is 5.73. The van der Waals surface area contributed by atoms with Gasteiger partial charge in [0, 0.05) is 30.3 Å². The highest BCUT2D eigenvalue weighted by atomic mass is 16.6. The summed E-state index contributed by atoms with van der Waals surface area (Å²) in [5.41, 5.74) is 1.94. The van der Waals surface area contributed by atoms with E-state index >= 15 is 0 Å². The predicted molar refractivity (Wildman–Crippen MR) is 103 cm³/mol. The van der Waals surface area contributed by atoms with Gasteiger partial charge >= 0.3 is 5.97 Å². The molecule has 0 bridgehead atoms. The molecule has 1 amide bonds. The van der Waals surface area contributed by atoms with Gasteiger partial charge in [-0.2, -0.15) is 0 Å². The van der Waals surface area contributed by atoms with E-state index in [9.17, 15) is 19.7 Å². The average Bonchev–Trinajstić information content (AvgIpc) is 3.52. The molecular weight excluding hydrogens is 360 g/mol. The van der Waals surface area contributed by atoms with Gasteiger partial charge in [0.1, 0.15) is 0 Å². The third-order valence-corrected chi connectivity index (χ3v) is 4.61. The monoisotopic (exact) mass is 382 g/mol. The van der Waals surface area contributed by atoms with Gasteiger partial charge in [0.25, 0.3) is 11.6 Å². The zero-order valence-electron chi connectivity index (χ0n) is 15.9. The molecular formula is C21H22N2O5. The van der Waals surface area contributed by atoms with E-state index in [-0.39, 0.29) is 35.4 Å². The van der Waals surface area contributed by atoms with Crippen molar-refractivity contribution >= 4 is 17.6 Å². The standard InChI is InChI=1S/C21H22N2O5/c1-3-28-21(25)17-10-16(11-19(12-17)23(26)27)20(24)22(18-8-9-18)13-15-6-4-14(2)5-7-15/h4-7,10-12,18H,3,8-9,13H2,1-2H3. The van der Waals surface area contributed by atoms with E-state index in [1.807, 2.05) is 31.2 Å². The van der Waals surface area contributed by atoms with Crippen LogP contribution >= 0.6 is 0 Å². The predicted octanol–water partition coefficient (Wildman–Crippen LogP) is 3.88. The van der Waals surface area contributed by atoms with Crippen LogP contribution < -0.4 is 0 Å². The van der Waals surface area contributed by atoms with Crippen molar-refractivity contribution in [3.63, 3.8) is 0 Å². The van der Waals surface area contributed by atoms with Gasteiger partial charge in [-0.15, -0.1) is 0 Å². The second kappa shape index (κ2) is 8.21. The van der Waals surface area contributed by atoms with Crippen LogP contribution in [0.1, 0.15) is 51.6 Å². The van der Waals surface area contributed by atoms with Gasteiger partial charge in [0.15, 0.2) is 0 Å². The molecule has 0 radical (unpaired) electrons. The van der Waals surface area contributed by atoms with Crippen molar-refractivity contribution in [3.8, 4) is 0 Å². The molecule has 0 atom stereocenters. The number of rotatable bonds is 7. The van der Waals surface area contributed by atoms with Crippen LogP contribution in [0.25, 0.3) is 0 Å². The third-order valence-electron chi connectivity index (χ3n) is 4.61. The first-order valence-corrected chi connectivity index (χ1v) is 9.22. The van der Waals surface area contributed by atoms with E-state index in [1.165, 1.54) is 12.1 Å². The lowest BCUT2D eigenvalue weighted by Crippen LogP contribution is -2.32. The Morgan fingerprint density at radius 3 is 2.36 bits per heavy atom. The van der Waals surface area contributed by atoms with Crippen molar-refractivity contribution in [1.29, 1.82) is 0 Å². The number of nitro benzene ring substituents is 1. The first-order valence-electron chi connectivity index (χ1n) is 9.22. The van der Waals surface area contributed by atoms with Crippen LogP contribution in [0.2, 0.25) is 0 Å². The fourth-order valence-corrected chi connectivity index (χ4v) is 2.98. The Labute approximate surface area is 163 Å². The second-order valence-electron chi connectivity index (χ2n) is 6.90. The molecule has 7 heteroatoms. The van der Waals surface area contributed by atoms with Crippen molar-refractivity contribution in [3.05, 3.63) is 74.8 Å². The van der Waals surface area contributed by atoms with E-state index in [0.29, 0.717) is 6.54 Å². The summed E-state index contributed by atoms with van der Waals surface area (Å²) in [4.78, 5) is 37.6. The molecule has 7 nitrogen and oxygen atoms in total. The Morgan fingerprint density at radius 2 is 1.79 bits per heavy atom. The fourth-order valence-electron chi connectivity index (χ4n) is 2.98. The number of nitrogens with zero attached hydrogens (tertiary/aromatic N) is 2. The summed E-state index contributed by atoms with van der Waals surface area (Å²) in [5, 5.41) is 11.3. The number of benzene rings is 2. The highest BCUT2D eigenvalue weighted by molar-refractivity contribution is 5.99. The molecule has 1 aliphatic rings. The maximum Gasteiger partial charge on any atom is 0.338 e. The van der Waals surface area contributed by atoms with Gasteiger partial charge in [-0.05, 0) is 38.3 Å². The van der Waals surface area contributed by atoms with Crippen LogP contribution in [-0.4, -0.2) is 34.3 Å². The largest absolute Gasteiger partial charge is 0.462 e. The molecule has 3 rings (SSSR count). The summed E-state index contributed by atoms with van der Waals surface area (Å²) in [5.74, 6) is -1.01. The summed E-state index contributed by atoms with van der Waals surface area (Å²) in [7, 11) is 0. The third kappa shape index (κ3) is 4.54. The fraction of sp³-hybridized carbons (Fsp3) is 0.333. The van der Waals surface area contributed by atoms with Gasteiger partial charge in [0.2, 0.25) is 0 Å². The lowest BCUT2D eigenvalue weighted by atomic mass is 10.1. The van der Waals surface area contributed by atoms with E-state index in [1.54, 1.807) is 11.8 Å². The minimum Gasteiger partial charge on any atom is -0.462 e. The smallest absolute Gasteiger partial charge is 0.338 e. The molecule has 2 aromatic carbocycles. The SMILES string of the molecule is CCOC(=O)c1cc(C(=O)N(Cc2ccc(C)cc2)C2CC2)cc([N+](=O)[O-])c1. The molecule has 0 heterocycles. The first-order chi connectivity index (χ1) is 13.4.